The van der Waals surface area contributed by atoms with Crippen LogP contribution in [0.25, 0.3) is 0 Å². The normalized spacial score (nSPS) is 18.6. The summed E-state index contributed by atoms with van der Waals surface area (Å²) >= 11 is 1.69. The van der Waals surface area contributed by atoms with Crippen LogP contribution in [0.15, 0.2) is 29.2 Å². The third-order valence-electron chi connectivity index (χ3n) is 3.71. The molecule has 0 saturated carbocycles. The molecule has 0 aromatic heterocycles. The van der Waals surface area contributed by atoms with Gasteiger partial charge in [-0.15, -0.1) is 11.8 Å². The first-order chi connectivity index (χ1) is 9.72. The van der Waals surface area contributed by atoms with E-state index < -0.39 is 0 Å². The number of hydrogen-bond donors (Lipinski definition) is 0. The molecule has 1 aliphatic rings. The minimum absolute atomic E-state index is 0.192. The quantitative estimate of drug-likeness (QED) is 0.571. The summed E-state index contributed by atoms with van der Waals surface area (Å²) in [7, 11) is 0. The fourth-order valence-electron chi connectivity index (χ4n) is 2.45. The number of rotatable bonds is 7. The van der Waals surface area contributed by atoms with Crippen LogP contribution in [0, 0.1) is 0 Å². The van der Waals surface area contributed by atoms with Crippen molar-refractivity contribution in [2.75, 3.05) is 32.5 Å². The topological polar surface area (TPSA) is 29.5 Å². The Balaban J connectivity index is 1.90. The maximum Gasteiger partial charge on any atom is 0.176 e. The summed E-state index contributed by atoms with van der Waals surface area (Å²) in [6.07, 6.45) is 4.61. The summed E-state index contributed by atoms with van der Waals surface area (Å²) in [5, 5.41) is 0. The van der Waals surface area contributed by atoms with Gasteiger partial charge in [0.05, 0.1) is 12.6 Å². The molecule has 3 nitrogen and oxygen atoms in total. The van der Waals surface area contributed by atoms with Crippen molar-refractivity contribution in [2.45, 2.75) is 30.8 Å². The first-order valence-electron chi connectivity index (χ1n) is 7.24. The van der Waals surface area contributed by atoms with E-state index >= 15 is 0 Å². The molecule has 1 atom stereocenters. The number of likely N-dealkylation sites (N-methyl/N-ethyl adjacent to an activating group) is 1. The number of carbonyl (C=O) groups is 1. The number of thioether (sulfide) groups is 1. The lowest BCUT2D eigenvalue weighted by molar-refractivity contribution is 0.0686. The van der Waals surface area contributed by atoms with E-state index in [0.29, 0.717) is 12.6 Å². The van der Waals surface area contributed by atoms with E-state index in [0.717, 1.165) is 38.1 Å². The number of nitrogens with zero attached hydrogens (tertiary/aromatic N) is 1. The second kappa shape index (κ2) is 7.81. The zero-order chi connectivity index (χ0) is 14.4. The van der Waals surface area contributed by atoms with Crippen molar-refractivity contribution in [1.82, 2.24) is 4.90 Å². The van der Waals surface area contributed by atoms with Crippen LogP contribution in [0.5, 0.6) is 0 Å². The third kappa shape index (κ3) is 4.33. The lowest BCUT2D eigenvalue weighted by Crippen LogP contribution is -2.36. The number of Topliss-reactive ketones (excluding diaryl/α,β-unsaturated/α-hetero) is 1. The van der Waals surface area contributed by atoms with Crippen molar-refractivity contribution in [2.24, 2.45) is 0 Å². The number of benzene rings is 1. The molecule has 1 unspecified atom stereocenters. The zero-order valence-electron chi connectivity index (χ0n) is 12.3. The summed E-state index contributed by atoms with van der Waals surface area (Å²) in [6, 6.07) is 7.87. The fraction of sp³-hybridized carbons (Fsp3) is 0.562. The van der Waals surface area contributed by atoms with Gasteiger partial charge in [-0.05, 0) is 37.8 Å². The predicted octanol–water partition coefficient (Wildman–Crippen LogP) is 3.09. The average molecular weight is 293 g/mol. The lowest BCUT2D eigenvalue weighted by atomic mass is 10.1. The molecule has 1 heterocycles. The molecule has 0 radical (unpaired) electrons. The van der Waals surface area contributed by atoms with Gasteiger partial charge in [0.1, 0.15) is 0 Å². The standard InChI is InChI=1S/C16H23NO2S/c1-3-17(11-14-5-4-10-19-14)12-16(18)13-6-8-15(20-2)9-7-13/h6-9,14H,3-5,10-12H2,1-2H3. The molecule has 1 saturated heterocycles. The predicted molar refractivity (Wildman–Crippen MR) is 83.6 cm³/mol. The van der Waals surface area contributed by atoms with Crippen LogP contribution in [0.3, 0.4) is 0 Å². The molecule has 1 aromatic rings. The van der Waals surface area contributed by atoms with Crippen LogP contribution in [-0.2, 0) is 4.74 Å². The van der Waals surface area contributed by atoms with Gasteiger partial charge in [-0.2, -0.15) is 0 Å². The first-order valence-corrected chi connectivity index (χ1v) is 8.46. The summed E-state index contributed by atoms with van der Waals surface area (Å²) in [6.45, 7) is 5.19. The third-order valence-corrected chi connectivity index (χ3v) is 4.46. The van der Waals surface area contributed by atoms with Gasteiger partial charge >= 0.3 is 0 Å². The Hall–Kier alpha value is -0.840. The SMILES string of the molecule is CCN(CC(=O)c1ccc(SC)cc1)CC1CCCO1. The van der Waals surface area contributed by atoms with E-state index in [-0.39, 0.29) is 5.78 Å². The van der Waals surface area contributed by atoms with Gasteiger partial charge in [-0.25, -0.2) is 0 Å². The molecule has 110 valence electrons. The number of hydrogen-bond acceptors (Lipinski definition) is 4. The summed E-state index contributed by atoms with van der Waals surface area (Å²) < 4.78 is 5.65. The van der Waals surface area contributed by atoms with Crippen LogP contribution in [0.1, 0.15) is 30.1 Å². The highest BCUT2D eigenvalue weighted by Crippen LogP contribution is 2.16. The minimum Gasteiger partial charge on any atom is -0.377 e. The number of carbonyl (C=O) groups excluding carboxylic acids is 1. The van der Waals surface area contributed by atoms with Gasteiger partial charge in [0.25, 0.3) is 0 Å². The molecule has 0 spiro atoms. The highest BCUT2D eigenvalue weighted by molar-refractivity contribution is 7.98. The highest BCUT2D eigenvalue weighted by Gasteiger charge is 2.20. The number of ketones is 1. The molecular formula is C16H23NO2S. The largest absolute Gasteiger partial charge is 0.377 e. The molecule has 1 aromatic carbocycles. The van der Waals surface area contributed by atoms with Crippen LogP contribution in [-0.4, -0.2) is 49.3 Å². The highest BCUT2D eigenvalue weighted by atomic mass is 32.2. The van der Waals surface area contributed by atoms with Gasteiger partial charge in [0.2, 0.25) is 0 Å². The van der Waals surface area contributed by atoms with Crippen LogP contribution in [0.2, 0.25) is 0 Å². The monoisotopic (exact) mass is 293 g/mol. The van der Waals surface area contributed by atoms with Crippen molar-refractivity contribution in [3.05, 3.63) is 29.8 Å². The maximum absolute atomic E-state index is 12.3. The molecule has 0 amide bonds. The Labute approximate surface area is 125 Å². The van der Waals surface area contributed by atoms with E-state index in [2.05, 4.69) is 11.8 Å². The Morgan fingerprint density at radius 1 is 1.40 bits per heavy atom. The van der Waals surface area contributed by atoms with Crippen LogP contribution >= 0.6 is 11.8 Å². The molecule has 0 aliphatic carbocycles. The van der Waals surface area contributed by atoms with E-state index in [4.69, 9.17) is 4.74 Å². The van der Waals surface area contributed by atoms with Crippen molar-refractivity contribution in [3.63, 3.8) is 0 Å². The van der Waals surface area contributed by atoms with Gasteiger partial charge in [-0.1, -0.05) is 19.1 Å². The summed E-state index contributed by atoms with van der Waals surface area (Å²) in [5.74, 6) is 0.192. The molecule has 1 fully saturated rings. The molecular weight excluding hydrogens is 270 g/mol. The summed E-state index contributed by atoms with van der Waals surface area (Å²) in [4.78, 5) is 15.7. The van der Waals surface area contributed by atoms with Gasteiger partial charge in [0.15, 0.2) is 5.78 Å². The average Bonchev–Trinajstić information content (AvgIpc) is 2.99. The van der Waals surface area contributed by atoms with E-state index in [1.807, 2.05) is 30.5 Å². The second-order valence-electron chi connectivity index (χ2n) is 5.11. The number of ether oxygens (including phenoxy) is 1. The zero-order valence-corrected chi connectivity index (χ0v) is 13.1. The maximum atomic E-state index is 12.3. The Morgan fingerprint density at radius 3 is 2.70 bits per heavy atom. The summed E-state index contributed by atoms with van der Waals surface area (Å²) in [5.41, 5.74) is 0.800. The molecule has 4 heteroatoms. The van der Waals surface area contributed by atoms with Crippen LogP contribution in [0.4, 0.5) is 0 Å². The smallest absolute Gasteiger partial charge is 0.176 e. The van der Waals surface area contributed by atoms with Crippen LogP contribution < -0.4 is 0 Å². The minimum atomic E-state index is 0.192. The van der Waals surface area contributed by atoms with Gasteiger partial charge < -0.3 is 4.74 Å². The van der Waals surface area contributed by atoms with E-state index in [1.165, 1.54) is 4.90 Å². The first kappa shape index (κ1) is 15.5. The fourth-order valence-corrected chi connectivity index (χ4v) is 2.86. The van der Waals surface area contributed by atoms with E-state index in [1.54, 1.807) is 11.8 Å². The van der Waals surface area contributed by atoms with Crippen molar-refractivity contribution >= 4 is 17.5 Å². The molecule has 0 bridgehead atoms. The van der Waals surface area contributed by atoms with Gasteiger partial charge in [0, 0.05) is 23.6 Å². The van der Waals surface area contributed by atoms with Crippen molar-refractivity contribution in [1.29, 1.82) is 0 Å². The van der Waals surface area contributed by atoms with Crippen molar-refractivity contribution < 1.29 is 9.53 Å². The second-order valence-corrected chi connectivity index (χ2v) is 5.99. The Kier molecular flexibility index (Phi) is 6.07. The Morgan fingerprint density at radius 2 is 2.15 bits per heavy atom. The Bertz CT molecular complexity index is 427. The molecule has 0 N–H and O–H groups in total. The lowest BCUT2D eigenvalue weighted by Gasteiger charge is -2.22. The van der Waals surface area contributed by atoms with Gasteiger partial charge in [-0.3, -0.25) is 9.69 Å². The molecule has 1 aliphatic heterocycles. The molecule has 2 rings (SSSR count). The van der Waals surface area contributed by atoms with E-state index in [9.17, 15) is 4.79 Å². The molecule has 20 heavy (non-hydrogen) atoms. The van der Waals surface area contributed by atoms with Crippen molar-refractivity contribution in [3.8, 4) is 0 Å².